The number of phenolic OH excluding ortho intramolecular Hbond substituents is 1. The van der Waals surface area contributed by atoms with Gasteiger partial charge in [0.15, 0.2) is 5.78 Å². The molecule has 2 nitrogen and oxygen atoms in total. The van der Waals surface area contributed by atoms with Gasteiger partial charge in [0.2, 0.25) is 0 Å². The minimum atomic E-state index is -0.0631. The van der Waals surface area contributed by atoms with Gasteiger partial charge in [0.1, 0.15) is 5.75 Å². The molecule has 0 amide bonds. The lowest BCUT2D eigenvalue weighted by atomic mass is 10.0. The molecule has 0 fully saturated rings. The predicted molar refractivity (Wildman–Crippen MR) is 56.8 cm³/mol. The Balaban J connectivity index is 2.33. The third-order valence-corrected chi connectivity index (χ3v) is 2.10. The van der Waals surface area contributed by atoms with E-state index < -0.39 is 0 Å². The summed E-state index contributed by atoms with van der Waals surface area (Å²) < 4.78 is 0. The number of aromatic hydroxyl groups is 1. The molecule has 0 aliphatic heterocycles. The lowest BCUT2D eigenvalue weighted by Crippen LogP contribution is -2.00. The summed E-state index contributed by atoms with van der Waals surface area (Å²) in [5.74, 6) is 0.0954. The molecule has 0 saturated heterocycles. The molecule has 2 heteroatoms. The van der Waals surface area contributed by atoms with Gasteiger partial charge in [-0.25, -0.2) is 0 Å². The van der Waals surface area contributed by atoms with Crippen LogP contribution in [0.2, 0.25) is 0 Å². The number of ketones is 1. The Morgan fingerprint density at radius 2 is 1.80 bits per heavy atom. The molecule has 2 aromatic rings. The zero-order chi connectivity index (χ0) is 10.7. The molecule has 0 atom stereocenters. The molecule has 2 aromatic carbocycles. The highest BCUT2D eigenvalue weighted by Gasteiger charge is 2.07. The largest absolute Gasteiger partial charge is 0.508 e. The molecular weight excluding hydrogens is 188 g/mol. The normalized spacial score (nSPS) is 9.87. The molecule has 0 aliphatic carbocycles. The van der Waals surface area contributed by atoms with E-state index in [-0.39, 0.29) is 11.5 Å². The van der Waals surface area contributed by atoms with Crippen LogP contribution in [0.25, 0.3) is 0 Å². The van der Waals surface area contributed by atoms with Gasteiger partial charge in [0, 0.05) is 11.1 Å². The smallest absolute Gasteiger partial charge is 0.193 e. The quantitative estimate of drug-likeness (QED) is 0.751. The van der Waals surface area contributed by atoms with Crippen molar-refractivity contribution in [1.82, 2.24) is 0 Å². The fourth-order valence-corrected chi connectivity index (χ4v) is 1.31. The van der Waals surface area contributed by atoms with Gasteiger partial charge in [0.05, 0.1) is 0 Å². The van der Waals surface area contributed by atoms with Crippen molar-refractivity contribution in [3.05, 3.63) is 65.7 Å². The van der Waals surface area contributed by atoms with Crippen LogP contribution < -0.4 is 0 Å². The first-order valence-electron chi connectivity index (χ1n) is 4.57. The highest BCUT2D eigenvalue weighted by molar-refractivity contribution is 6.08. The summed E-state index contributed by atoms with van der Waals surface area (Å²) in [6.07, 6.45) is 0. The SMILES string of the molecule is O=C(c1c[c]ccc1)c1ccc(O)cc1. The Hall–Kier alpha value is -2.09. The molecular formula is C13H9O2. The molecule has 1 N–H and O–H groups in total. The zero-order valence-electron chi connectivity index (χ0n) is 7.97. The third-order valence-electron chi connectivity index (χ3n) is 2.10. The second-order valence-electron chi connectivity index (χ2n) is 3.17. The fourth-order valence-electron chi connectivity index (χ4n) is 1.31. The first-order chi connectivity index (χ1) is 7.27. The third kappa shape index (κ3) is 2.05. The topological polar surface area (TPSA) is 37.3 Å². The molecule has 0 bridgehead atoms. The van der Waals surface area contributed by atoms with E-state index >= 15 is 0 Å². The van der Waals surface area contributed by atoms with Crippen molar-refractivity contribution in [1.29, 1.82) is 0 Å². The van der Waals surface area contributed by atoms with Crippen molar-refractivity contribution >= 4 is 5.78 Å². The minimum absolute atomic E-state index is 0.0631. The van der Waals surface area contributed by atoms with Crippen LogP contribution in [-0.2, 0) is 0 Å². The molecule has 73 valence electrons. The van der Waals surface area contributed by atoms with Gasteiger partial charge >= 0.3 is 0 Å². The molecule has 15 heavy (non-hydrogen) atoms. The summed E-state index contributed by atoms with van der Waals surface area (Å²) in [6.45, 7) is 0. The lowest BCUT2D eigenvalue weighted by Gasteiger charge is -2.00. The van der Waals surface area contributed by atoms with Crippen LogP contribution >= 0.6 is 0 Å². The summed E-state index contributed by atoms with van der Waals surface area (Å²) >= 11 is 0. The van der Waals surface area contributed by atoms with E-state index in [4.69, 9.17) is 5.11 Å². The van der Waals surface area contributed by atoms with Gasteiger partial charge < -0.3 is 5.11 Å². The van der Waals surface area contributed by atoms with Crippen LogP contribution in [0, 0.1) is 6.07 Å². The number of carbonyl (C=O) groups is 1. The molecule has 0 heterocycles. The molecule has 1 radical (unpaired) electrons. The minimum Gasteiger partial charge on any atom is -0.508 e. The van der Waals surface area contributed by atoms with Gasteiger partial charge in [-0.2, -0.15) is 0 Å². The monoisotopic (exact) mass is 197 g/mol. The summed E-state index contributed by atoms with van der Waals surface area (Å²) in [4.78, 5) is 11.9. The van der Waals surface area contributed by atoms with Crippen molar-refractivity contribution < 1.29 is 9.90 Å². The van der Waals surface area contributed by atoms with Crippen LogP contribution in [0.5, 0.6) is 5.75 Å². The van der Waals surface area contributed by atoms with E-state index in [9.17, 15) is 4.79 Å². The fraction of sp³-hybridized carbons (Fsp3) is 0. The van der Waals surface area contributed by atoms with E-state index in [1.807, 2.05) is 0 Å². The highest BCUT2D eigenvalue weighted by Crippen LogP contribution is 2.13. The average Bonchev–Trinajstić information content (AvgIpc) is 2.30. The number of hydrogen-bond acceptors (Lipinski definition) is 2. The maximum Gasteiger partial charge on any atom is 0.193 e. The summed E-state index contributed by atoms with van der Waals surface area (Å²) in [6, 6.07) is 16.0. The second kappa shape index (κ2) is 3.96. The molecule has 2 rings (SSSR count). The summed E-state index contributed by atoms with van der Waals surface area (Å²) in [5, 5.41) is 9.09. The van der Waals surface area contributed by atoms with Crippen molar-refractivity contribution in [2.24, 2.45) is 0 Å². The van der Waals surface area contributed by atoms with Crippen LogP contribution in [0.15, 0.2) is 48.5 Å². The first-order valence-corrected chi connectivity index (χ1v) is 4.57. The maximum atomic E-state index is 11.9. The van der Waals surface area contributed by atoms with Gasteiger partial charge in [0.25, 0.3) is 0 Å². The van der Waals surface area contributed by atoms with E-state index in [2.05, 4.69) is 6.07 Å². The van der Waals surface area contributed by atoms with Crippen LogP contribution in [0.4, 0.5) is 0 Å². The number of carbonyl (C=O) groups excluding carboxylic acids is 1. The Morgan fingerprint density at radius 3 is 2.40 bits per heavy atom. The van der Waals surface area contributed by atoms with Gasteiger partial charge in [-0.3, -0.25) is 4.79 Å². The second-order valence-corrected chi connectivity index (χ2v) is 3.17. The molecule has 0 aromatic heterocycles. The highest BCUT2D eigenvalue weighted by atomic mass is 16.3. The zero-order valence-corrected chi connectivity index (χ0v) is 7.97. The Morgan fingerprint density at radius 1 is 1.07 bits per heavy atom. The Labute approximate surface area is 87.8 Å². The molecule has 0 aliphatic rings. The van der Waals surface area contributed by atoms with E-state index in [1.54, 1.807) is 36.4 Å². The van der Waals surface area contributed by atoms with Crippen molar-refractivity contribution in [3.8, 4) is 5.75 Å². The van der Waals surface area contributed by atoms with E-state index in [0.29, 0.717) is 11.1 Å². The standard InChI is InChI=1S/C13H9O2/c14-12-8-6-11(7-9-12)13(15)10-4-2-1-3-5-10/h1-2,4-9,14H. The van der Waals surface area contributed by atoms with E-state index in [0.717, 1.165) is 0 Å². The van der Waals surface area contributed by atoms with Gasteiger partial charge in [-0.1, -0.05) is 18.2 Å². The molecule has 0 saturated carbocycles. The van der Waals surface area contributed by atoms with Gasteiger partial charge in [-0.05, 0) is 36.4 Å². The summed E-state index contributed by atoms with van der Waals surface area (Å²) in [5.41, 5.74) is 1.16. The first kappa shape index (κ1) is 9.46. The van der Waals surface area contributed by atoms with Crippen molar-refractivity contribution in [2.45, 2.75) is 0 Å². The van der Waals surface area contributed by atoms with Crippen LogP contribution in [-0.4, -0.2) is 10.9 Å². The summed E-state index contributed by atoms with van der Waals surface area (Å²) in [7, 11) is 0. The van der Waals surface area contributed by atoms with Crippen molar-refractivity contribution in [2.75, 3.05) is 0 Å². The number of benzene rings is 2. The number of hydrogen-bond donors (Lipinski definition) is 1. The van der Waals surface area contributed by atoms with Gasteiger partial charge in [-0.15, -0.1) is 0 Å². The lowest BCUT2D eigenvalue weighted by molar-refractivity contribution is 0.103. The van der Waals surface area contributed by atoms with Crippen LogP contribution in [0.3, 0.4) is 0 Å². The molecule has 0 unspecified atom stereocenters. The van der Waals surface area contributed by atoms with Crippen molar-refractivity contribution in [3.63, 3.8) is 0 Å². The number of phenols is 1. The Kier molecular flexibility index (Phi) is 2.50. The maximum absolute atomic E-state index is 11.9. The van der Waals surface area contributed by atoms with E-state index in [1.165, 1.54) is 12.1 Å². The Bertz CT molecular complexity index is 458. The predicted octanol–water partition coefficient (Wildman–Crippen LogP) is 2.42. The molecule has 0 spiro atoms. The number of rotatable bonds is 2. The van der Waals surface area contributed by atoms with Crippen LogP contribution in [0.1, 0.15) is 15.9 Å². The average molecular weight is 197 g/mol.